The fourth-order valence-corrected chi connectivity index (χ4v) is 3.37. The molecule has 4 rings (SSSR count). The number of methoxy groups -OCH3 is 1. The van der Waals surface area contributed by atoms with E-state index >= 15 is 0 Å². The number of rotatable bonds is 6. The van der Waals surface area contributed by atoms with Crippen LogP contribution in [0.5, 0.6) is 5.75 Å². The van der Waals surface area contributed by atoms with Crippen LogP contribution in [0.15, 0.2) is 46.9 Å². The van der Waals surface area contributed by atoms with Gasteiger partial charge in [-0.1, -0.05) is 12.1 Å². The minimum absolute atomic E-state index is 0.0236. The number of fused-ring (bicyclic) bond motifs is 1. The molecule has 0 radical (unpaired) electrons. The predicted molar refractivity (Wildman–Crippen MR) is 115 cm³/mol. The number of anilines is 2. The lowest BCUT2D eigenvalue weighted by Gasteiger charge is -2.14. The number of hydrogen-bond acceptors (Lipinski definition) is 7. The van der Waals surface area contributed by atoms with Gasteiger partial charge in [-0.05, 0) is 36.8 Å². The van der Waals surface area contributed by atoms with Crippen LogP contribution in [-0.2, 0) is 9.59 Å². The molecule has 0 unspecified atom stereocenters. The van der Waals surface area contributed by atoms with Crippen LogP contribution in [-0.4, -0.2) is 41.1 Å². The highest BCUT2D eigenvalue weighted by atomic mass is 16.5. The quantitative estimate of drug-likeness (QED) is 0.541. The molecule has 0 fully saturated rings. The first-order chi connectivity index (χ1) is 15.4. The van der Waals surface area contributed by atoms with E-state index in [0.717, 1.165) is 0 Å². The number of carbonyl (C=O) groups is 3. The lowest BCUT2D eigenvalue weighted by atomic mass is 10.1. The van der Waals surface area contributed by atoms with Crippen molar-refractivity contribution in [3.8, 4) is 17.2 Å². The second-order valence-electron chi connectivity index (χ2n) is 7.19. The Hall–Kier alpha value is -4.21. The Labute approximate surface area is 183 Å². The van der Waals surface area contributed by atoms with Crippen molar-refractivity contribution in [3.05, 3.63) is 53.9 Å². The fraction of sp³-hybridized carbons (Fsp3) is 0.227. The summed E-state index contributed by atoms with van der Waals surface area (Å²) in [6, 6.07) is 10.9. The molecule has 0 aliphatic carbocycles. The zero-order chi connectivity index (χ0) is 22.7. The van der Waals surface area contributed by atoms with Gasteiger partial charge in [-0.2, -0.15) is 0 Å². The van der Waals surface area contributed by atoms with Crippen LogP contribution in [0.2, 0.25) is 0 Å². The van der Waals surface area contributed by atoms with Gasteiger partial charge in [0, 0.05) is 19.0 Å². The molecular weight excluding hydrogens is 414 g/mol. The van der Waals surface area contributed by atoms with Crippen molar-refractivity contribution in [3.63, 3.8) is 0 Å². The average molecular weight is 435 g/mol. The van der Waals surface area contributed by atoms with Gasteiger partial charge in [0.25, 0.3) is 11.8 Å². The fourth-order valence-electron chi connectivity index (χ4n) is 3.37. The highest BCUT2D eigenvalue weighted by molar-refractivity contribution is 6.10. The second kappa shape index (κ2) is 8.88. The molecule has 0 spiro atoms. The number of nitrogens with zero attached hydrogens (tertiary/aromatic N) is 2. The number of benzene rings is 2. The van der Waals surface area contributed by atoms with Crippen molar-refractivity contribution in [1.82, 2.24) is 15.5 Å². The summed E-state index contributed by atoms with van der Waals surface area (Å²) in [5, 5.41) is 16.0. The lowest BCUT2D eigenvalue weighted by Crippen LogP contribution is -2.41. The number of ether oxygens (including phenoxy) is 1. The molecule has 1 aliphatic rings. The van der Waals surface area contributed by atoms with Gasteiger partial charge in [-0.15, -0.1) is 10.2 Å². The first-order valence-electron chi connectivity index (χ1n) is 9.93. The number of aryl methyl sites for hydroxylation is 1. The normalized spacial score (nSPS) is 15.2. The van der Waals surface area contributed by atoms with E-state index in [0.29, 0.717) is 34.1 Å². The average Bonchev–Trinajstić information content (AvgIpc) is 3.17. The number of aromatic nitrogens is 2. The van der Waals surface area contributed by atoms with Crippen LogP contribution >= 0.6 is 0 Å². The topological polar surface area (TPSA) is 135 Å². The third kappa shape index (κ3) is 4.43. The highest BCUT2D eigenvalue weighted by Gasteiger charge is 2.28. The summed E-state index contributed by atoms with van der Waals surface area (Å²) in [7, 11) is 1.52. The molecule has 2 heterocycles. The molecule has 0 saturated carbocycles. The number of amides is 3. The SMILES string of the molecule is COc1ccc(NC(=O)CC[C@@H]2NC(=O)c3ccccc3NC2=O)cc1-c1nnc(C)o1. The van der Waals surface area contributed by atoms with Crippen molar-refractivity contribution < 1.29 is 23.5 Å². The Morgan fingerprint density at radius 1 is 1.16 bits per heavy atom. The molecule has 10 nitrogen and oxygen atoms in total. The van der Waals surface area contributed by atoms with Gasteiger partial charge in [0.1, 0.15) is 11.8 Å². The molecule has 10 heteroatoms. The van der Waals surface area contributed by atoms with Crippen molar-refractivity contribution in [1.29, 1.82) is 0 Å². The Morgan fingerprint density at radius 2 is 1.97 bits per heavy atom. The van der Waals surface area contributed by atoms with E-state index in [-0.39, 0.29) is 36.5 Å². The highest BCUT2D eigenvalue weighted by Crippen LogP contribution is 2.31. The third-order valence-electron chi connectivity index (χ3n) is 4.95. The maximum absolute atomic E-state index is 12.5. The summed E-state index contributed by atoms with van der Waals surface area (Å²) in [5.74, 6) is 0.152. The summed E-state index contributed by atoms with van der Waals surface area (Å²) >= 11 is 0. The van der Waals surface area contributed by atoms with E-state index in [4.69, 9.17) is 9.15 Å². The molecule has 1 aromatic heterocycles. The maximum atomic E-state index is 12.5. The Morgan fingerprint density at radius 3 is 2.72 bits per heavy atom. The minimum Gasteiger partial charge on any atom is -0.496 e. The largest absolute Gasteiger partial charge is 0.496 e. The molecular formula is C22H21N5O5. The van der Waals surface area contributed by atoms with Crippen LogP contribution in [0.1, 0.15) is 29.1 Å². The van der Waals surface area contributed by atoms with Gasteiger partial charge in [0.2, 0.25) is 17.7 Å². The zero-order valence-corrected chi connectivity index (χ0v) is 17.5. The van der Waals surface area contributed by atoms with Crippen LogP contribution in [0.25, 0.3) is 11.5 Å². The van der Waals surface area contributed by atoms with E-state index < -0.39 is 6.04 Å². The third-order valence-corrected chi connectivity index (χ3v) is 4.95. The van der Waals surface area contributed by atoms with Crippen LogP contribution in [0, 0.1) is 6.92 Å². The van der Waals surface area contributed by atoms with E-state index in [9.17, 15) is 14.4 Å². The molecule has 2 aromatic carbocycles. The Bertz CT molecular complexity index is 1190. The smallest absolute Gasteiger partial charge is 0.254 e. The first kappa shape index (κ1) is 21.0. The summed E-state index contributed by atoms with van der Waals surface area (Å²) in [5.41, 5.74) is 1.88. The zero-order valence-electron chi connectivity index (χ0n) is 17.5. The summed E-state index contributed by atoms with van der Waals surface area (Å²) < 4.78 is 10.8. The summed E-state index contributed by atoms with van der Waals surface area (Å²) in [4.78, 5) is 37.4. The van der Waals surface area contributed by atoms with Crippen LogP contribution in [0.4, 0.5) is 11.4 Å². The van der Waals surface area contributed by atoms with E-state index in [1.165, 1.54) is 7.11 Å². The summed E-state index contributed by atoms with van der Waals surface area (Å²) in [6.07, 6.45) is 0.166. The first-order valence-corrected chi connectivity index (χ1v) is 9.93. The lowest BCUT2D eigenvalue weighted by molar-refractivity contribution is -0.118. The van der Waals surface area contributed by atoms with Crippen molar-refractivity contribution in [2.24, 2.45) is 0 Å². The van der Waals surface area contributed by atoms with Gasteiger partial charge >= 0.3 is 0 Å². The Kier molecular flexibility index (Phi) is 5.84. The van der Waals surface area contributed by atoms with Crippen molar-refractivity contribution >= 4 is 29.1 Å². The molecule has 32 heavy (non-hydrogen) atoms. The molecule has 3 amide bonds. The van der Waals surface area contributed by atoms with Crippen molar-refractivity contribution in [2.75, 3.05) is 17.7 Å². The number of para-hydroxylation sites is 1. The van der Waals surface area contributed by atoms with Gasteiger partial charge in [-0.25, -0.2) is 0 Å². The number of hydrogen-bond donors (Lipinski definition) is 3. The van der Waals surface area contributed by atoms with Gasteiger partial charge in [-0.3, -0.25) is 14.4 Å². The van der Waals surface area contributed by atoms with Gasteiger partial charge in [0.15, 0.2) is 0 Å². The number of nitrogens with one attached hydrogen (secondary N) is 3. The van der Waals surface area contributed by atoms with E-state index in [2.05, 4.69) is 26.1 Å². The monoisotopic (exact) mass is 435 g/mol. The van der Waals surface area contributed by atoms with Crippen molar-refractivity contribution in [2.45, 2.75) is 25.8 Å². The van der Waals surface area contributed by atoms with Crippen LogP contribution in [0.3, 0.4) is 0 Å². The van der Waals surface area contributed by atoms with E-state index in [1.807, 2.05) is 0 Å². The predicted octanol–water partition coefficient (Wildman–Crippen LogP) is 2.52. The number of carbonyl (C=O) groups excluding carboxylic acids is 3. The molecule has 0 bridgehead atoms. The molecule has 0 saturated heterocycles. The standard InChI is InChI=1S/C22H21N5O5/c1-12-26-27-22(32-12)15-11-13(7-9-18(15)31-2)23-19(28)10-8-17-21(30)24-16-6-4-3-5-14(16)20(29)25-17/h3-7,9,11,17H,8,10H2,1-2H3,(H,23,28)(H,24,30)(H,25,29)/t17-/m0/s1. The molecule has 3 aromatic rings. The molecule has 3 N–H and O–H groups in total. The maximum Gasteiger partial charge on any atom is 0.254 e. The summed E-state index contributed by atoms with van der Waals surface area (Å²) in [6.45, 7) is 1.68. The minimum atomic E-state index is -0.826. The molecule has 1 aliphatic heterocycles. The van der Waals surface area contributed by atoms with E-state index in [1.54, 1.807) is 49.4 Å². The molecule has 1 atom stereocenters. The molecule has 164 valence electrons. The van der Waals surface area contributed by atoms with Gasteiger partial charge in [0.05, 0.1) is 23.9 Å². The Balaban J connectivity index is 1.41. The van der Waals surface area contributed by atoms with Gasteiger partial charge < -0.3 is 25.1 Å². The second-order valence-corrected chi connectivity index (χ2v) is 7.19. The van der Waals surface area contributed by atoms with Crippen LogP contribution < -0.4 is 20.7 Å².